The van der Waals surface area contributed by atoms with Crippen LogP contribution in [0.3, 0.4) is 0 Å². The second kappa shape index (κ2) is 15.7. The number of carboxylic acids is 1. The summed E-state index contributed by atoms with van der Waals surface area (Å²) in [5.74, 6) is -2.23. The fourth-order valence-corrected chi connectivity index (χ4v) is 5.26. The number of ether oxygens (including phenoxy) is 2. The standard InChI is InChI=1S/C27H38F3NO6.C4H9NO/c1-17-12-20(14-22(27(28,29)30)25(17)36-15-24(34)35)19-6-10-31(11-7-19)23(33)13-18(2)37-16-26(3)8-4-21(32)5-9-26;1-3(2)4(5)6/h12,14,18-19,21,32H,4-11,13,15-16H2,1-3H3,(H,34,35);3H,1-2H3,(H2,5,6). The van der Waals surface area contributed by atoms with Crippen molar-refractivity contribution >= 4 is 17.8 Å². The highest BCUT2D eigenvalue weighted by molar-refractivity contribution is 5.77. The predicted molar refractivity (Wildman–Crippen MR) is 155 cm³/mol. The Morgan fingerprint density at radius 1 is 1.09 bits per heavy atom. The number of hydrogen-bond acceptors (Lipinski definition) is 6. The molecule has 1 saturated heterocycles. The van der Waals surface area contributed by atoms with Gasteiger partial charge in [0.25, 0.3) is 0 Å². The summed E-state index contributed by atoms with van der Waals surface area (Å²) < 4.78 is 52.1. The van der Waals surface area contributed by atoms with Crippen molar-refractivity contribution in [3.05, 3.63) is 28.8 Å². The molecule has 9 nitrogen and oxygen atoms in total. The Kier molecular flexibility index (Phi) is 13.3. The first-order valence-electron chi connectivity index (χ1n) is 14.8. The Labute approximate surface area is 251 Å². The SMILES string of the molecule is CC(C)C(N)=O.Cc1cc(C2CCN(C(=O)CC(C)OCC3(C)CCC(O)CC3)CC2)cc(C(F)(F)F)c1OCC(=O)O. The largest absolute Gasteiger partial charge is 0.481 e. The molecule has 12 heteroatoms. The second-order valence-electron chi connectivity index (χ2n) is 12.5. The van der Waals surface area contributed by atoms with Gasteiger partial charge >= 0.3 is 12.1 Å². The number of aliphatic carboxylic acids is 1. The molecule has 43 heavy (non-hydrogen) atoms. The summed E-state index contributed by atoms with van der Waals surface area (Å²) in [6.07, 6.45) is -0.525. The molecule has 0 radical (unpaired) electrons. The minimum absolute atomic E-state index is 0.00926. The Morgan fingerprint density at radius 3 is 2.14 bits per heavy atom. The van der Waals surface area contributed by atoms with Crippen LogP contribution in [0.1, 0.15) is 95.2 Å². The zero-order valence-electron chi connectivity index (χ0n) is 25.8. The molecule has 0 spiro atoms. The van der Waals surface area contributed by atoms with Crippen molar-refractivity contribution in [1.29, 1.82) is 0 Å². The van der Waals surface area contributed by atoms with Crippen molar-refractivity contribution in [3.63, 3.8) is 0 Å². The van der Waals surface area contributed by atoms with Crippen LogP contribution >= 0.6 is 0 Å². The predicted octanol–water partition coefficient (Wildman–Crippen LogP) is 5.05. The van der Waals surface area contributed by atoms with E-state index in [2.05, 4.69) is 6.92 Å². The number of aliphatic hydroxyl groups excluding tert-OH is 1. The second-order valence-corrected chi connectivity index (χ2v) is 12.5. The molecule has 1 aliphatic carbocycles. The van der Waals surface area contributed by atoms with E-state index in [1.165, 1.54) is 6.92 Å². The smallest absolute Gasteiger partial charge is 0.419 e. The third-order valence-corrected chi connectivity index (χ3v) is 8.17. The molecule has 244 valence electrons. The van der Waals surface area contributed by atoms with Gasteiger partial charge in [-0.3, -0.25) is 9.59 Å². The first kappa shape index (κ1) is 36.3. The number of rotatable bonds is 10. The third-order valence-electron chi connectivity index (χ3n) is 8.17. The summed E-state index contributed by atoms with van der Waals surface area (Å²) >= 11 is 0. The third kappa shape index (κ3) is 11.6. The molecule has 2 aliphatic rings. The van der Waals surface area contributed by atoms with Crippen molar-refractivity contribution in [2.75, 3.05) is 26.3 Å². The zero-order valence-corrected chi connectivity index (χ0v) is 25.8. The Morgan fingerprint density at radius 2 is 1.65 bits per heavy atom. The van der Waals surface area contributed by atoms with Gasteiger partial charge in [-0.15, -0.1) is 0 Å². The molecule has 1 aromatic carbocycles. The first-order valence-corrected chi connectivity index (χ1v) is 14.8. The number of hydrogen-bond donors (Lipinski definition) is 3. The van der Waals surface area contributed by atoms with Crippen molar-refractivity contribution in [2.24, 2.45) is 17.1 Å². The van der Waals surface area contributed by atoms with E-state index in [1.54, 1.807) is 24.8 Å². The number of piperidine rings is 1. The molecule has 0 aromatic heterocycles. The lowest BCUT2D eigenvalue weighted by Crippen LogP contribution is -2.40. The van der Waals surface area contributed by atoms with E-state index in [-0.39, 0.29) is 53.3 Å². The van der Waals surface area contributed by atoms with E-state index in [1.807, 2.05) is 6.92 Å². The van der Waals surface area contributed by atoms with Gasteiger partial charge in [0.15, 0.2) is 6.61 Å². The number of benzene rings is 1. The van der Waals surface area contributed by atoms with Gasteiger partial charge in [-0.1, -0.05) is 26.8 Å². The molecule has 1 atom stereocenters. The molecular formula is C31H47F3N2O7. The van der Waals surface area contributed by atoms with E-state index in [9.17, 15) is 32.7 Å². The van der Waals surface area contributed by atoms with Crippen LogP contribution in [-0.2, 0) is 25.3 Å². The van der Waals surface area contributed by atoms with E-state index < -0.39 is 30.1 Å². The van der Waals surface area contributed by atoms with E-state index >= 15 is 0 Å². The number of carbonyl (C=O) groups is 3. The van der Waals surface area contributed by atoms with Crippen LogP contribution in [0.2, 0.25) is 0 Å². The Hall–Kier alpha value is -2.86. The van der Waals surface area contributed by atoms with Gasteiger partial charge in [0.1, 0.15) is 5.75 Å². The summed E-state index contributed by atoms with van der Waals surface area (Å²) in [6.45, 7) is 9.62. The maximum Gasteiger partial charge on any atom is 0.419 e. The van der Waals surface area contributed by atoms with Gasteiger partial charge in [0.2, 0.25) is 11.8 Å². The maximum atomic E-state index is 13.7. The number of carbonyl (C=O) groups excluding carboxylic acids is 2. The maximum absolute atomic E-state index is 13.7. The van der Waals surface area contributed by atoms with Crippen molar-refractivity contribution in [3.8, 4) is 5.75 Å². The number of likely N-dealkylation sites (tertiary alicyclic amines) is 1. The lowest BCUT2D eigenvalue weighted by molar-refractivity contribution is -0.143. The number of nitrogens with two attached hydrogens (primary N) is 1. The summed E-state index contributed by atoms with van der Waals surface area (Å²) in [6, 6.07) is 2.67. The fourth-order valence-electron chi connectivity index (χ4n) is 5.26. The molecule has 3 rings (SSSR count). The monoisotopic (exact) mass is 616 g/mol. The number of nitrogens with zero attached hydrogens (tertiary/aromatic N) is 1. The molecule has 1 heterocycles. The number of aryl methyl sites for hydroxylation is 1. The number of primary amides is 1. The average Bonchev–Trinajstić information content (AvgIpc) is 2.92. The van der Waals surface area contributed by atoms with E-state index in [0.717, 1.165) is 31.7 Å². The summed E-state index contributed by atoms with van der Waals surface area (Å²) in [7, 11) is 0. The van der Waals surface area contributed by atoms with Gasteiger partial charge in [-0.25, -0.2) is 4.79 Å². The molecule has 2 fully saturated rings. The Bertz CT molecular complexity index is 1090. The van der Waals surface area contributed by atoms with Crippen LogP contribution in [0, 0.1) is 18.3 Å². The van der Waals surface area contributed by atoms with Gasteiger partial charge < -0.3 is 30.3 Å². The number of halogens is 3. The lowest BCUT2D eigenvalue weighted by atomic mass is 9.75. The van der Waals surface area contributed by atoms with E-state index in [0.29, 0.717) is 38.1 Å². The fraction of sp³-hybridized carbons (Fsp3) is 0.710. The van der Waals surface area contributed by atoms with Gasteiger partial charge in [-0.2, -0.15) is 13.2 Å². The first-order chi connectivity index (χ1) is 19.9. The number of amides is 2. The topological polar surface area (TPSA) is 139 Å². The number of alkyl halides is 3. The number of carboxylic acid groups (broad SMARTS) is 1. The van der Waals surface area contributed by atoms with Crippen LogP contribution in [-0.4, -0.2) is 71.4 Å². The van der Waals surface area contributed by atoms with Crippen molar-refractivity contribution in [1.82, 2.24) is 4.90 Å². The summed E-state index contributed by atoms with van der Waals surface area (Å²) in [5.41, 5.74) is 4.58. The Balaban J connectivity index is 0.000000973. The minimum atomic E-state index is -4.68. The van der Waals surface area contributed by atoms with Crippen LogP contribution in [0.4, 0.5) is 13.2 Å². The molecule has 2 amide bonds. The molecule has 1 aromatic rings. The minimum Gasteiger partial charge on any atom is -0.481 e. The molecule has 1 saturated carbocycles. The van der Waals surface area contributed by atoms with Crippen molar-refractivity contribution < 1.29 is 47.2 Å². The van der Waals surface area contributed by atoms with Gasteiger partial charge in [0, 0.05) is 19.0 Å². The highest BCUT2D eigenvalue weighted by atomic mass is 19.4. The highest BCUT2D eigenvalue weighted by Crippen LogP contribution is 2.42. The van der Waals surface area contributed by atoms with Gasteiger partial charge in [0.05, 0.1) is 30.8 Å². The molecule has 1 aliphatic heterocycles. The van der Waals surface area contributed by atoms with Crippen LogP contribution in [0.25, 0.3) is 0 Å². The molecular weight excluding hydrogens is 569 g/mol. The molecule has 0 bridgehead atoms. The zero-order chi connectivity index (χ0) is 32.5. The van der Waals surface area contributed by atoms with Crippen LogP contribution < -0.4 is 10.5 Å². The van der Waals surface area contributed by atoms with E-state index in [4.69, 9.17) is 20.3 Å². The van der Waals surface area contributed by atoms with Crippen LogP contribution in [0.5, 0.6) is 5.75 Å². The quantitative estimate of drug-likeness (QED) is 0.334. The van der Waals surface area contributed by atoms with Gasteiger partial charge in [-0.05, 0) is 80.9 Å². The lowest BCUT2D eigenvalue weighted by Gasteiger charge is -2.36. The average molecular weight is 617 g/mol. The molecule has 1 unspecified atom stereocenters. The van der Waals surface area contributed by atoms with Crippen molar-refractivity contribution in [2.45, 2.75) is 104 Å². The highest BCUT2D eigenvalue weighted by Gasteiger charge is 2.37. The summed E-state index contributed by atoms with van der Waals surface area (Å²) in [5, 5.41) is 18.5. The summed E-state index contributed by atoms with van der Waals surface area (Å²) in [4.78, 5) is 35.3. The molecule has 4 N–H and O–H groups in total. The number of aliphatic hydroxyl groups is 1. The normalized spacial score (nSPS) is 22.0. The van der Waals surface area contributed by atoms with Crippen LogP contribution in [0.15, 0.2) is 12.1 Å².